The van der Waals surface area contributed by atoms with Crippen LogP contribution in [0.3, 0.4) is 0 Å². The molecule has 8 heavy (non-hydrogen) atoms. The molecule has 1 atom stereocenters. The van der Waals surface area contributed by atoms with Crippen molar-refractivity contribution < 1.29 is 0 Å². The van der Waals surface area contributed by atoms with E-state index in [2.05, 4.69) is 22.9 Å². The zero-order chi connectivity index (χ0) is 5.98. The zero-order valence-electron chi connectivity index (χ0n) is 5.36. The van der Waals surface area contributed by atoms with Crippen LogP contribution in [-0.4, -0.2) is 4.83 Å². The Hall–Kier alpha value is 0.480. The third kappa shape index (κ3) is 1.48. The maximum atomic E-state index is 3.60. The van der Waals surface area contributed by atoms with E-state index in [1.807, 2.05) is 0 Å². The molecule has 48 valence electrons. The van der Waals surface area contributed by atoms with Crippen LogP contribution in [0.4, 0.5) is 0 Å². The molecular weight excluding hydrogens is 164 g/mol. The molecule has 0 aromatic carbocycles. The minimum absolute atomic E-state index is 0.755. The minimum atomic E-state index is 0.755. The van der Waals surface area contributed by atoms with Gasteiger partial charge in [-0.3, -0.25) is 0 Å². The second-order valence-electron chi connectivity index (χ2n) is 2.72. The van der Waals surface area contributed by atoms with Gasteiger partial charge in [-0.2, -0.15) is 0 Å². The van der Waals surface area contributed by atoms with Gasteiger partial charge in [-0.25, -0.2) is 0 Å². The first-order valence-electron chi connectivity index (χ1n) is 3.45. The molecule has 0 saturated heterocycles. The standard InChI is InChI=1S/C7H13Br/c1-6(8)7-4-2-3-5-7/h6-7H,2-5H2,1H3/t6-/m0/s1. The smallest absolute Gasteiger partial charge is 0.0145 e. The van der Waals surface area contributed by atoms with Gasteiger partial charge in [-0.05, 0) is 18.8 Å². The van der Waals surface area contributed by atoms with Crippen molar-refractivity contribution in [2.75, 3.05) is 0 Å². The topological polar surface area (TPSA) is 0 Å². The molecule has 1 saturated carbocycles. The van der Waals surface area contributed by atoms with Crippen LogP contribution >= 0.6 is 15.9 Å². The first-order chi connectivity index (χ1) is 3.80. The first kappa shape index (κ1) is 6.60. The third-order valence-electron chi connectivity index (χ3n) is 2.05. The highest BCUT2D eigenvalue weighted by atomic mass is 79.9. The Morgan fingerprint density at radius 3 is 2.12 bits per heavy atom. The lowest BCUT2D eigenvalue weighted by Gasteiger charge is -2.09. The van der Waals surface area contributed by atoms with E-state index in [1.165, 1.54) is 25.7 Å². The molecule has 1 heteroatoms. The summed E-state index contributed by atoms with van der Waals surface area (Å²) >= 11 is 3.60. The van der Waals surface area contributed by atoms with E-state index in [4.69, 9.17) is 0 Å². The molecule has 0 aromatic heterocycles. The highest BCUT2D eigenvalue weighted by Crippen LogP contribution is 2.30. The fourth-order valence-electron chi connectivity index (χ4n) is 1.42. The van der Waals surface area contributed by atoms with Crippen molar-refractivity contribution >= 4 is 15.9 Å². The monoisotopic (exact) mass is 176 g/mol. The fraction of sp³-hybridized carbons (Fsp3) is 1.00. The van der Waals surface area contributed by atoms with Crippen molar-refractivity contribution in [1.29, 1.82) is 0 Å². The van der Waals surface area contributed by atoms with E-state index in [-0.39, 0.29) is 0 Å². The number of hydrogen-bond donors (Lipinski definition) is 0. The predicted octanol–water partition coefficient (Wildman–Crippen LogP) is 2.96. The highest BCUT2D eigenvalue weighted by molar-refractivity contribution is 9.09. The lowest BCUT2D eigenvalue weighted by Crippen LogP contribution is -2.04. The van der Waals surface area contributed by atoms with Crippen molar-refractivity contribution in [1.82, 2.24) is 0 Å². The minimum Gasteiger partial charge on any atom is -0.0891 e. The SMILES string of the molecule is C[C@H](Br)C1CCCC1. The summed E-state index contributed by atoms with van der Waals surface area (Å²) in [6.07, 6.45) is 5.82. The number of halogens is 1. The van der Waals surface area contributed by atoms with E-state index in [0.29, 0.717) is 0 Å². The summed E-state index contributed by atoms with van der Waals surface area (Å²) in [5.74, 6) is 0.981. The maximum absolute atomic E-state index is 3.60. The zero-order valence-corrected chi connectivity index (χ0v) is 6.95. The van der Waals surface area contributed by atoms with Gasteiger partial charge in [0.1, 0.15) is 0 Å². The molecule has 1 aliphatic carbocycles. The molecule has 1 fully saturated rings. The van der Waals surface area contributed by atoms with Crippen LogP contribution < -0.4 is 0 Å². The van der Waals surface area contributed by atoms with E-state index >= 15 is 0 Å². The molecule has 0 aromatic rings. The van der Waals surface area contributed by atoms with Crippen LogP contribution in [0, 0.1) is 5.92 Å². The summed E-state index contributed by atoms with van der Waals surface area (Å²) in [6, 6.07) is 0. The van der Waals surface area contributed by atoms with Crippen LogP contribution in [-0.2, 0) is 0 Å². The quantitative estimate of drug-likeness (QED) is 0.540. The number of alkyl halides is 1. The Balaban J connectivity index is 2.24. The fourth-order valence-corrected chi connectivity index (χ4v) is 1.95. The molecule has 0 bridgehead atoms. The molecule has 0 radical (unpaired) electrons. The molecule has 1 rings (SSSR count). The molecule has 1 aliphatic rings. The lowest BCUT2D eigenvalue weighted by molar-refractivity contribution is 0.550. The molecule has 0 N–H and O–H groups in total. The number of rotatable bonds is 1. The van der Waals surface area contributed by atoms with Crippen LogP contribution in [0.25, 0.3) is 0 Å². The van der Waals surface area contributed by atoms with Crippen LogP contribution in [0.2, 0.25) is 0 Å². The van der Waals surface area contributed by atoms with Crippen LogP contribution in [0.15, 0.2) is 0 Å². The maximum Gasteiger partial charge on any atom is 0.0145 e. The first-order valence-corrected chi connectivity index (χ1v) is 4.36. The molecule has 0 nitrogen and oxygen atoms in total. The molecule has 0 heterocycles. The highest BCUT2D eigenvalue weighted by Gasteiger charge is 2.18. The van der Waals surface area contributed by atoms with Crippen LogP contribution in [0.1, 0.15) is 32.6 Å². The van der Waals surface area contributed by atoms with Crippen molar-refractivity contribution in [3.63, 3.8) is 0 Å². The Morgan fingerprint density at radius 1 is 1.38 bits per heavy atom. The van der Waals surface area contributed by atoms with Gasteiger partial charge in [0.05, 0.1) is 0 Å². The van der Waals surface area contributed by atoms with Crippen LogP contribution in [0.5, 0.6) is 0 Å². The van der Waals surface area contributed by atoms with Gasteiger partial charge in [0.25, 0.3) is 0 Å². The van der Waals surface area contributed by atoms with E-state index in [1.54, 1.807) is 0 Å². The number of hydrogen-bond acceptors (Lipinski definition) is 0. The van der Waals surface area contributed by atoms with Crippen molar-refractivity contribution in [2.24, 2.45) is 5.92 Å². The Bertz CT molecular complexity index is 62.8. The normalized spacial score (nSPS) is 26.2. The van der Waals surface area contributed by atoms with Crippen molar-refractivity contribution in [2.45, 2.75) is 37.4 Å². The summed E-state index contributed by atoms with van der Waals surface area (Å²) in [5, 5.41) is 0. The second-order valence-corrected chi connectivity index (χ2v) is 4.17. The average molecular weight is 177 g/mol. The van der Waals surface area contributed by atoms with Gasteiger partial charge in [0, 0.05) is 4.83 Å². The van der Waals surface area contributed by atoms with Crippen molar-refractivity contribution in [3.8, 4) is 0 Å². The second kappa shape index (κ2) is 2.86. The van der Waals surface area contributed by atoms with E-state index in [0.717, 1.165) is 10.7 Å². The summed E-state index contributed by atoms with van der Waals surface area (Å²) in [4.78, 5) is 0.755. The summed E-state index contributed by atoms with van der Waals surface area (Å²) in [5.41, 5.74) is 0. The predicted molar refractivity (Wildman–Crippen MR) is 40.3 cm³/mol. The van der Waals surface area contributed by atoms with Gasteiger partial charge in [-0.15, -0.1) is 0 Å². The third-order valence-corrected chi connectivity index (χ3v) is 2.80. The Morgan fingerprint density at radius 2 is 1.88 bits per heavy atom. The van der Waals surface area contributed by atoms with Gasteiger partial charge >= 0.3 is 0 Å². The summed E-state index contributed by atoms with van der Waals surface area (Å²) in [7, 11) is 0. The molecule has 0 aliphatic heterocycles. The molecule has 0 spiro atoms. The largest absolute Gasteiger partial charge is 0.0891 e. The Kier molecular flexibility index (Phi) is 2.36. The molecule has 0 amide bonds. The summed E-state index contributed by atoms with van der Waals surface area (Å²) in [6.45, 7) is 2.26. The molecule has 0 unspecified atom stereocenters. The van der Waals surface area contributed by atoms with Gasteiger partial charge in [0.2, 0.25) is 0 Å². The van der Waals surface area contributed by atoms with Gasteiger partial charge in [0.15, 0.2) is 0 Å². The Labute approximate surface area is 59.8 Å². The lowest BCUT2D eigenvalue weighted by atomic mass is 10.1. The van der Waals surface area contributed by atoms with Crippen molar-refractivity contribution in [3.05, 3.63) is 0 Å². The van der Waals surface area contributed by atoms with Gasteiger partial charge < -0.3 is 0 Å². The van der Waals surface area contributed by atoms with E-state index < -0.39 is 0 Å². The molecular formula is C7H13Br. The van der Waals surface area contributed by atoms with Gasteiger partial charge in [-0.1, -0.05) is 35.7 Å². The summed E-state index contributed by atoms with van der Waals surface area (Å²) < 4.78 is 0. The van der Waals surface area contributed by atoms with E-state index in [9.17, 15) is 0 Å². The average Bonchev–Trinajstić information content (AvgIpc) is 2.12.